The van der Waals surface area contributed by atoms with E-state index in [0.717, 1.165) is 6.42 Å². The van der Waals surface area contributed by atoms with Gasteiger partial charge in [0.15, 0.2) is 0 Å². The molecule has 2 atom stereocenters. The van der Waals surface area contributed by atoms with Crippen molar-refractivity contribution in [3.05, 3.63) is 0 Å². The fourth-order valence-electron chi connectivity index (χ4n) is 3.53. The van der Waals surface area contributed by atoms with E-state index >= 15 is 0 Å². The molecule has 0 fully saturated rings. The number of carbonyl (C=O) groups excluding carboxylic acids is 2. The van der Waals surface area contributed by atoms with Crippen LogP contribution >= 0.6 is 0 Å². The van der Waals surface area contributed by atoms with Crippen molar-refractivity contribution in [1.82, 2.24) is 21.3 Å². The largest absolute Gasteiger partial charge is 0.500 e. The Morgan fingerprint density at radius 3 is 1.48 bits per heavy atom. The summed E-state index contributed by atoms with van der Waals surface area (Å²) in [6.45, 7) is 19.5. The van der Waals surface area contributed by atoms with E-state index in [0.29, 0.717) is 51.8 Å². The number of nitrogens with one attached hydrogen (secondary N) is 4. The van der Waals surface area contributed by atoms with Gasteiger partial charge in [-0.1, -0.05) is 25.7 Å². The Balaban J connectivity index is 4.16. The molecule has 0 rings (SSSR count). The molecule has 0 saturated heterocycles. The molecule has 0 aliphatic rings. The number of urea groups is 2. The van der Waals surface area contributed by atoms with Gasteiger partial charge in [-0.3, -0.25) is 0 Å². The van der Waals surface area contributed by atoms with Crippen LogP contribution in [-0.2, 0) is 13.3 Å². The third kappa shape index (κ3) is 17.0. The standard InChI is InChI=1S/C22H50N4O5Si2/c1-9-29-33(30-10-2,31-11-3)17-13-15-24-22(28)26-20(5)18-19(4)25-21(27)23-14-12-16-32(6,7)8/h19-20H,9-18H2,1-8H3,(H2,23,25,27)(H2,24,26,28). The monoisotopic (exact) mass is 506 g/mol. The molecule has 0 radical (unpaired) electrons. The van der Waals surface area contributed by atoms with Gasteiger partial charge in [-0.25, -0.2) is 9.59 Å². The van der Waals surface area contributed by atoms with E-state index in [-0.39, 0.29) is 24.1 Å². The molecule has 0 spiro atoms. The minimum absolute atomic E-state index is 0.0486. The lowest BCUT2D eigenvalue weighted by Crippen LogP contribution is -2.48. The highest BCUT2D eigenvalue weighted by Gasteiger charge is 2.39. The van der Waals surface area contributed by atoms with Gasteiger partial charge in [0, 0.05) is 59.1 Å². The molecule has 4 N–H and O–H groups in total. The van der Waals surface area contributed by atoms with Crippen LogP contribution in [0.25, 0.3) is 0 Å². The Labute approximate surface area is 203 Å². The molecule has 0 bridgehead atoms. The lowest BCUT2D eigenvalue weighted by Gasteiger charge is -2.28. The Hall–Kier alpha value is -1.15. The van der Waals surface area contributed by atoms with E-state index < -0.39 is 16.9 Å². The second-order valence-corrected chi connectivity index (χ2v) is 17.9. The van der Waals surface area contributed by atoms with Crippen molar-refractivity contribution >= 4 is 28.9 Å². The number of amides is 4. The van der Waals surface area contributed by atoms with E-state index in [1.165, 1.54) is 6.04 Å². The van der Waals surface area contributed by atoms with E-state index in [1.54, 1.807) is 0 Å². The Kier molecular flexibility index (Phi) is 16.7. The predicted octanol–water partition coefficient (Wildman–Crippen LogP) is 3.92. The van der Waals surface area contributed by atoms with E-state index in [2.05, 4.69) is 40.9 Å². The molecular weight excluding hydrogens is 456 g/mol. The molecule has 0 aromatic carbocycles. The summed E-state index contributed by atoms with van der Waals surface area (Å²) in [6.07, 6.45) is 2.37. The zero-order valence-electron chi connectivity index (χ0n) is 22.3. The van der Waals surface area contributed by atoms with Gasteiger partial charge in [0.05, 0.1) is 0 Å². The van der Waals surface area contributed by atoms with Gasteiger partial charge in [0.1, 0.15) is 0 Å². The summed E-state index contributed by atoms with van der Waals surface area (Å²) in [5.74, 6) is 0. The van der Waals surface area contributed by atoms with E-state index in [4.69, 9.17) is 13.3 Å². The van der Waals surface area contributed by atoms with Crippen LogP contribution in [0, 0.1) is 0 Å². The highest BCUT2D eigenvalue weighted by atomic mass is 28.4. The minimum atomic E-state index is -2.67. The third-order valence-electron chi connectivity index (χ3n) is 4.89. The summed E-state index contributed by atoms with van der Waals surface area (Å²) < 4.78 is 17.5. The van der Waals surface area contributed by atoms with Crippen molar-refractivity contribution in [1.29, 1.82) is 0 Å². The van der Waals surface area contributed by atoms with Gasteiger partial charge >= 0.3 is 20.9 Å². The van der Waals surface area contributed by atoms with E-state index in [9.17, 15) is 9.59 Å². The predicted molar refractivity (Wildman–Crippen MR) is 139 cm³/mol. The van der Waals surface area contributed by atoms with Crippen LogP contribution in [0.1, 0.15) is 53.9 Å². The first-order valence-corrected chi connectivity index (χ1v) is 18.1. The quantitative estimate of drug-likeness (QED) is 0.166. The Bertz CT molecular complexity index is 532. The zero-order valence-corrected chi connectivity index (χ0v) is 24.3. The first-order chi connectivity index (χ1) is 15.5. The van der Waals surface area contributed by atoms with Gasteiger partial charge in [0.25, 0.3) is 0 Å². The van der Waals surface area contributed by atoms with Crippen LogP contribution in [0.5, 0.6) is 0 Å². The fraction of sp³-hybridized carbons (Fsp3) is 0.909. The van der Waals surface area contributed by atoms with Gasteiger partial charge in [-0.2, -0.15) is 0 Å². The molecule has 9 nitrogen and oxygen atoms in total. The lowest BCUT2D eigenvalue weighted by atomic mass is 10.1. The molecule has 0 aliphatic heterocycles. The van der Waals surface area contributed by atoms with Crippen LogP contribution in [0.2, 0.25) is 31.7 Å². The van der Waals surface area contributed by atoms with Crippen molar-refractivity contribution in [3.63, 3.8) is 0 Å². The molecule has 0 aliphatic carbocycles. The molecular formula is C22H50N4O5Si2. The normalized spacial score (nSPS) is 13.8. The average Bonchev–Trinajstić information content (AvgIpc) is 2.68. The minimum Gasteiger partial charge on any atom is -0.374 e. The van der Waals surface area contributed by atoms with Gasteiger partial charge in [-0.15, -0.1) is 0 Å². The number of rotatable bonds is 18. The summed E-state index contributed by atoms with van der Waals surface area (Å²) in [5.41, 5.74) is 0. The van der Waals surface area contributed by atoms with Crippen LogP contribution in [0.15, 0.2) is 0 Å². The maximum absolute atomic E-state index is 12.2. The van der Waals surface area contributed by atoms with Crippen LogP contribution < -0.4 is 21.3 Å². The number of hydrogen-bond donors (Lipinski definition) is 4. The second-order valence-electron chi connectivity index (χ2n) is 9.59. The van der Waals surface area contributed by atoms with Gasteiger partial charge < -0.3 is 34.5 Å². The van der Waals surface area contributed by atoms with Crippen molar-refractivity contribution < 1.29 is 22.9 Å². The molecule has 0 saturated carbocycles. The first-order valence-electron chi connectivity index (χ1n) is 12.5. The van der Waals surface area contributed by atoms with E-state index in [1.807, 2.05) is 34.6 Å². The molecule has 2 unspecified atom stereocenters. The Morgan fingerprint density at radius 2 is 1.12 bits per heavy atom. The summed E-state index contributed by atoms with van der Waals surface area (Å²) in [4.78, 5) is 24.3. The van der Waals surface area contributed by atoms with Crippen LogP contribution in [0.4, 0.5) is 9.59 Å². The summed E-state index contributed by atoms with van der Waals surface area (Å²) in [7, 11) is -3.74. The van der Waals surface area contributed by atoms with Gasteiger partial charge in [0.2, 0.25) is 0 Å². The van der Waals surface area contributed by atoms with Crippen LogP contribution in [-0.4, -0.2) is 73.9 Å². The summed E-state index contributed by atoms with van der Waals surface area (Å²) >= 11 is 0. The Morgan fingerprint density at radius 1 is 0.727 bits per heavy atom. The topological polar surface area (TPSA) is 110 Å². The molecule has 4 amide bonds. The van der Waals surface area contributed by atoms with Crippen molar-refractivity contribution in [2.45, 2.75) is 97.7 Å². The fourth-order valence-corrected chi connectivity index (χ4v) is 7.38. The lowest BCUT2D eigenvalue weighted by molar-refractivity contribution is 0.0708. The first kappa shape index (κ1) is 31.9. The highest BCUT2D eigenvalue weighted by molar-refractivity contribution is 6.76. The maximum atomic E-state index is 12.2. The third-order valence-corrected chi connectivity index (χ3v) is 9.89. The van der Waals surface area contributed by atoms with Crippen molar-refractivity contribution in [2.75, 3.05) is 32.9 Å². The molecule has 0 aromatic heterocycles. The SMILES string of the molecule is CCO[Si](CCCNC(=O)NC(C)CC(C)NC(=O)NCCC[Si](C)(C)C)(OCC)OCC. The van der Waals surface area contributed by atoms with Crippen LogP contribution in [0.3, 0.4) is 0 Å². The van der Waals surface area contributed by atoms with Crippen molar-refractivity contribution in [2.24, 2.45) is 0 Å². The smallest absolute Gasteiger partial charge is 0.374 e. The molecule has 33 heavy (non-hydrogen) atoms. The molecule has 0 heterocycles. The summed E-state index contributed by atoms with van der Waals surface area (Å²) in [6, 6.07) is 1.36. The molecule has 0 aromatic rings. The molecule has 11 heteroatoms. The van der Waals surface area contributed by atoms with Gasteiger partial charge in [-0.05, 0) is 53.9 Å². The van der Waals surface area contributed by atoms with Crippen molar-refractivity contribution in [3.8, 4) is 0 Å². The summed E-state index contributed by atoms with van der Waals surface area (Å²) in [5, 5.41) is 11.7. The number of carbonyl (C=O) groups is 2. The number of hydrogen-bond acceptors (Lipinski definition) is 5. The molecule has 196 valence electrons. The maximum Gasteiger partial charge on any atom is 0.500 e. The second kappa shape index (κ2) is 17.3. The highest BCUT2D eigenvalue weighted by Crippen LogP contribution is 2.17. The average molecular weight is 507 g/mol. The zero-order chi connectivity index (χ0) is 25.3.